The first-order valence-electron chi connectivity index (χ1n) is 6.96. The number of rotatable bonds is 3. The molecule has 0 aliphatic carbocycles. The van der Waals surface area contributed by atoms with Gasteiger partial charge in [0.1, 0.15) is 0 Å². The van der Waals surface area contributed by atoms with Crippen molar-refractivity contribution in [3.05, 3.63) is 0 Å². The van der Waals surface area contributed by atoms with Crippen LogP contribution in [0.15, 0.2) is 0 Å². The molecule has 0 aromatic rings. The highest BCUT2D eigenvalue weighted by Crippen LogP contribution is 2.26. The van der Waals surface area contributed by atoms with Crippen LogP contribution >= 0.6 is 0 Å². The number of nitrogens with zero attached hydrogens (tertiary/aromatic N) is 2. The molecular weight excluding hydrogens is 246 g/mol. The molecule has 2 aliphatic heterocycles. The molecule has 2 saturated heterocycles. The highest BCUT2D eigenvalue weighted by Gasteiger charge is 2.39. The van der Waals surface area contributed by atoms with Crippen molar-refractivity contribution in [3.63, 3.8) is 0 Å². The van der Waals surface area contributed by atoms with Gasteiger partial charge in [-0.2, -0.15) is 0 Å². The van der Waals surface area contributed by atoms with E-state index in [1.54, 1.807) is 11.8 Å². The fourth-order valence-electron chi connectivity index (χ4n) is 2.76. The largest absolute Gasteiger partial charge is 0.481 e. The second kappa shape index (κ2) is 5.77. The molecule has 2 aliphatic rings. The maximum atomic E-state index is 12.2. The second-order valence-electron chi connectivity index (χ2n) is 5.67. The molecule has 0 saturated carbocycles. The highest BCUT2D eigenvalue weighted by atomic mass is 16.4. The van der Waals surface area contributed by atoms with E-state index >= 15 is 0 Å². The van der Waals surface area contributed by atoms with Crippen LogP contribution in [0.25, 0.3) is 0 Å². The number of urea groups is 1. The minimum atomic E-state index is -0.774. The van der Waals surface area contributed by atoms with Crippen molar-refractivity contribution in [1.82, 2.24) is 15.1 Å². The van der Waals surface area contributed by atoms with E-state index in [1.165, 1.54) is 0 Å². The summed E-state index contributed by atoms with van der Waals surface area (Å²) in [4.78, 5) is 26.7. The fourth-order valence-corrected chi connectivity index (χ4v) is 2.76. The Balaban J connectivity index is 1.80. The van der Waals surface area contributed by atoms with Crippen molar-refractivity contribution in [2.24, 2.45) is 11.8 Å². The standard InChI is InChI=1S/C13H23N3O3/c1-9(12(17)18)10-7-16(8-10)13(19)15(2)11-3-5-14-6-4-11/h9-11,14H,3-8H2,1-2H3,(H,17,18). The van der Waals surface area contributed by atoms with Gasteiger partial charge in [-0.15, -0.1) is 0 Å². The lowest BCUT2D eigenvalue weighted by Gasteiger charge is -2.44. The first-order valence-corrected chi connectivity index (χ1v) is 6.96. The number of hydrogen-bond acceptors (Lipinski definition) is 3. The van der Waals surface area contributed by atoms with E-state index in [-0.39, 0.29) is 17.9 Å². The Kier molecular flexibility index (Phi) is 4.29. The van der Waals surface area contributed by atoms with E-state index in [0.717, 1.165) is 25.9 Å². The zero-order chi connectivity index (χ0) is 14.0. The van der Waals surface area contributed by atoms with Gasteiger partial charge < -0.3 is 20.2 Å². The van der Waals surface area contributed by atoms with Crippen LogP contribution in [0.1, 0.15) is 19.8 Å². The Morgan fingerprint density at radius 3 is 2.42 bits per heavy atom. The molecule has 108 valence electrons. The van der Waals surface area contributed by atoms with Gasteiger partial charge in [-0.3, -0.25) is 4.79 Å². The number of amides is 2. The van der Waals surface area contributed by atoms with E-state index in [4.69, 9.17) is 5.11 Å². The third-order valence-electron chi connectivity index (χ3n) is 4.44. The van der Waals surface area contributed by atoms with Gasteiger partial charge in [-0.05, 0) is 25.9 Å². The van der Waals surface area contributed by atoms with Crippen LogP contribution in [0.5, 0.6) is 0 Å². The molecule has 2 heterocycles. The maximum Gasteiger partial charge on any atom is 0.320 e. The monoisotopic (exact) mass is 269 g/mol. The zero-order valence-corrected chi connectivity index (χ0v) is 11.6. The molecule has 6 heteroatoms. The molecule has 2 amide bonds. The van der Waals surface area contributed by atoms with Crippen molar-refractivity contribution in [2.75, 3.05) is 33.2 Å². The minimum absolute atomic E-state index is 0.0424. The van der Waals surface area contributed by atoms with Crippen molar-refractivity contribution < 1.29 is 14.7 Å². The van der Waals surface area contributed by atoms with Crippen LogP contribution in [-0.2, 0) is 4.79 Å². The van der Waals surface area contributed by atoms with E-state index in [2.05, 4.69) is 5.32 Å². The van der Waals surface area contributed by atoms with Crippen LogP contribution in [0.3, 0.4) is 0 Å². The summed E-state index contributed by atoms with van der Waals surface area (Å²) in [7, 11) is 1.85. The summed E-state index contributed by atoms with van der Waals surface area (Å²) in [6.45, 7) is 4.77. The lowest BCUT2D eigenvalue weighted by Crippen LogP contribution is -2.58. The van der Waals surface area contributed by atoms with Gasteiger partial charge >= 0.3 is 12.0 Å². The van der Waals surface area contributed by atoms with Crippen molar-refractivity contribution in [1.29, 1.82) is 0 Å². The van der Waals surface area contributed by atoms with Crippen LogP contribution in [0.4, 0.5) is 4.79 Å². The summed E-state index contributed by atoms with van der Waals surface area (Å²) < 4.78 is 0. The number of likely N-dealkylation sites (tertiary alicyclic amines) is 1. The Morgan fingerprint density at radius 2 is 1.89 bits per heavy atom. The number of carboxylic acids is 1. The Hall–Kier alpha value is -1.30. The zero-order valence-electron chi connectivity index (χ0n) is 11.6. The number of carbonyl (C=O) groups excluding carboxylic acids is 1. The Bertz CT molecular complexity index is 349. The maximum absolute atomic E-state index is 12.2. The third-order valence-corrected chi connectivity index (χ3v) is 4.44. The molecule has 1 atom stereocenters. The SMILES string of the molecule is CC(C(=O)O)C1CN(C(=O)N(C)C2CCNCC2)C1. The number of nitrogens with one attached hydrogen (secondary N) is 1. The number of carboxylic acid groups (broad SMARTS) is 1. The highest BCUT2D eigenvalue weighted by molar-refractivity contribution is 5.76. The first kappa shape index (κ1) is 14.1. The molecule has 0 aromatic carbocycles. The molecule has 1 unspecified atom stereocenters. The molecule has 0 bridgehead atoms. The van der Waals surface area contributed by atoms with Gasteiger partial charge in [0.05, 0.1) is 5.92 Å². The van der Waals surface area contributed by atoms with Crippen molar-refractivity contribution >= 4 is 12.0 Å². The summed E-state index contributed by atoms with van der Waals surface area (Å²) in [5, 5.41) is 12.2. The van der Waals surface area contributed by atoms with Gasteiger partial charge in [0, 0.05) is 32.1 Å². The molecule has 2 N–H and O–H groups in total. The quantitative estimate of drug-likeness (QED) is 0.780. The number of carbonyl (C=O) groups is 2. The van der Waals surface area contributed by atoms with E-state index in [0.29, 0.717) is 19.1 Å². The normalized spacial score (nSPS) is 22.7. The average Bonchev–Trinajstić information content (AvgIpc) is 2.36. The molecule has 6 nitrogen and oxygen atoms in total. The lowest BCUT2D eigenvalue weighted by molar-refractivity contribution is -0.144. The summed E-state index contributed by atoms with van der Waals surface area (Å²) in [5.74, 6) is -1.04. The van der Waals surface area contributed by atoms with Gasteiger partial charge in [0.25, 0.3) is 0 Å². The first-order chi connectivity index (χ1) is 9.00. The number of piperidine rings is 1. The lowest BCUT2D eigenvalue weighted by atomic mass is 9.87. The van der Waals surface area contributed by atoms with Gasteiger partial charge in [0.2, 0.25) is 0 Å². The smallest absolute Gasteiger partial charge is 0.320 e. The minimum Gasteiger partial charge on any atom is -0.481 e. The molecule has 0 spiro atoms. The molecular formula is C13H23N3O3. The molecule has 0 aromatic heterocycles. The van der Waals surface area contributed by atoms with E-state index in [9.17, 15) is 9.59 Å². The topological polar surface area (TPSA) is 72.9 Å². The molecule has 2 rings (SSSR count). The van der Waals surface area contributed by atoms with Gasteiger partial charge in [-0.25, -0.2) is 4.79 Å². The summed E-state index contributed by atoms with van der Waals surface area (Å²) >= 11 is 0. The molecule has 2 fully saturated rings. The van der Waals surface area contributed by atoms with Crippen LogP contribution in [-0.4, -0.2) is 66.2 Å². The van der Waals surface area contributed by atoms with E-state index < -0.39 is 5.97 Å². The van der Waals surface area contributed by atoms with Crippen LogP contribution in [0.2, 0.25) is 0 Å². The van der Waals surface area contributed by atoms with Gasteiger partial charge in [-0.1, -0.05) is 6.92 Å². The fraction of sp³-hybridized carbons (Fsp3) is 0.846. The second-order valence-corrected chi connectivity index (χ2v) is 5.67. The summed E-state index contributed by atoms with van der Waals surface area (Å²) in [5.41, 5.74) is 0. The van der Waals surface area contributed by atoms with E-state index in [1.807, 2.05) is 11.9 Å². The van der Waals surface area contributed by atoms with Crippen molar-refractivity contribution in [2.45, 2.75) is 25.8 Å². The average molecular weight is 269 g/mol. The summed E-state index contributed by atoms with van der Waals surface area (Å²) in [6.07, 6.45) is 1.98. The Labute approximate surface area is 113 Å². The Morgan fingerprint density at radius 1 is 1.32 bits per heavy atom. The predicted molar refractivity (Wildman–Crippen MR) is 70.9 cm³/mol. The van der Waals surface area contributed by atoms with Crippen LogP contribution < -0.4 is 5.32 Å². The predicted octanol–water partition coefficient (Wildman–Crippen LogP) is 0.443. The van der Waals surface area contributed by atoms with Crippen LogP contribution in [0, 0.1) is 11.8 Å². The number of hydrogen-bond donors (Lipinski definition) is 2. The molecule has 19 heavy (non-hydrogen) atoms. The summed E-state index contributed by atoms with van der Waals surface area (Å²) in [6, 6.07) is 0.352. The molecule has 0 radical (unpaired) electrons. The number of aliphatic carboxylic acids is 1. The third kappa shape index (κ3) is 3.00. The van der Waals surface area contributed by atoms with Gasteiger partial charge in [0.15, 0.2) is 0 Å². The van der Waals surface area contributed by atoms with Crippen molar-refractivity contribution in [3.8, 4) is 0 Å².